The van der Waals surface area contributed by atoms with E-state index in [2.05, 4.69) is 15.0 Å². The van der Waals surface area contributed by atoms with E-state index in [0.717, 1.165) is 17.7 Å². The number of benzene rings is 2. The molecule has 5 aromatic rings. The van der Waals surface area contributed by atoms with Gasteiger partial charge < -0.3 is 19.1 Å². The number of fused-ring (bicyclic) bond motifs is 1. The van der Waals surface area contributed by atoms with Gasteiger partial charge in [0.15, 0.2) is 23.1 Å². The Labute approximate surface area is 254 Å². The Hall–Kier alpha value is -5.51. The predicted octanol–water partition coefficient (Wildman–Crippen LogP) is 7.61. The van der Waals surface area contributed by atoms with Crippen LogP contribution < -0.4 is 19.1 Å². The largest absolute Gasteiger partial charge is 0.497 e. The highest BCUT2D eigenvalue weighted by Gasteiger charge is 2.36. The van der Waals surface area contributed by atoms with Crippen molar-refractivity contribution < 1.29 is 36.2 Å². The fourth-order valence-corrected chi connectivity index (χ4v) is 4.73. The highest BCUT2D eigenvalue weighted by molar-refractivity contribution is 5.92. The fraction of sp³-hybridized carbons (Fsp3) is 0.188. The zero-order valence-corrected chi connectivity index (χ0v) is 24.3. The van der Waals surface area contributed by atoms with Crippen LogP contribution in [0.2, 0.25) is 0 Å². The van der Waals surface area contributed by atoms with E-state index in [9.17, 15) is 27.2 Å². The highest BCUT2D eigenvalue weighted by Crippen LogP contribution is 2.44. The van der Waals surface area contributed by atoms with E-state index in [-0.39, 0.29) is 63.1 Å². The molecule has 0 aliphatic rings. The minimum Gasteiger partial charge on any atom is -0.497 e. The molecule has 0 fully saturated rings. The Morgan fingerprint density at radius 2 is 1.71 bits per heavy atom. The van der Waals surface area contributed by atoms with E-state index in [0.29, 0.717) is 11.9 Å². The Morgan fingerprint density at radius 1 is 0.978 bits per heavy atom. The summed E-state index contributed by atoms with van der Waals surface area (Å²) in [6.45, 7) is 1.24. The molecule has 0 bridgehead atoms. The molecule has 0 unspecified atom stereocenters. The Morgan fingerprint density at radius 3 is 2.36 bits per heavy atom. The first-order chi connectivity index (χ1) is 21.4. The van der Waals surface area contributed by atoms with Gasteiger partial charge in [-0.05, 0) is 48.4 Å². The molecule has 3 aromatic heterocycles. The average Bonchev–Trinajstić information content (AvgIpc) is 3.00. The number of ether oxygens (including phenoxy) is 3. The first-order valence-electron chi connectivity index (χ1n) is 13.3. The Kier molecular flexibility index (Phi) is 8.41. The van der Waals surface area contributed by atoms with Crippen LogP contribution in [0.4, 0.5) is 27.6 Å². The molecule has 0 aliphatic heterocycles. The van der Waals surface area contributed by atoms with Crippen molar-refractivity contribution in [1.82, 2.24) is 15.0 Å². The summed E-state index contributed by atoms with van der Waals surface area (Å²) in [6, 6.07) is 13.8. The van der Waals surface area contributed by atoms with Crippen molar-refractivity contribution in [1.29, 1.82) is 5.26 Å². The quantitative estimate of drug-likeness (QED) is 0.164. The van der Waals surface area contributed by atoms with Crippen molar-refractivity contribution in [3.8, 4) is 40.5 Å². The summed E-state index contributed by atoms with van der Waals surface area (Å²) in [4.78, 5) is 13.9. The highest BCUT2D eigenvalue weighted by atomic mass is 19.4. The van der Waals surface area contributed by atoms with Gasteiger partial charge >= 0.3 is 6.18 Å². The summed E-state index contributed by atoms with van der Waals surface area (Å²) in [5, 5.41) is 10.00. The number of nitrogens with zero attached hydrogens (tertiary/aromatic N) is 5. The van der Waals surface area contributed by atoms with Gasteiger partial charge in [0, 0.05) is 32.6 Å². The topological polar surface area (TPSA) is 93.4 Å². The first-order valence-corrected chi connectivity index (χ1v) is 13.3. The van der Waals surface area contributed by atoms with Crippen LogP contribution in [-0.4, -0.2) is 36.2 Å². The van der Waals surface area contributed by atoms with Crippen LogP contribution in [0.3, 0.4) is 0 Å². The number of halogens is 5. The van der Waals surface area contributed by atoms with Gasteiger partial charge in [0.1, 0.15) is 29.9 Å². The van der Waals surface area contributed by atoms with Crippen molar-refractivity contribution >= 4 is 16.6 Å². The van der Waals surface area contributed by atoms with Crippen molar-refractivity contribution in [3.05, 3.63) is 94.9 Å². The monoisotopic (exact) mass is 621 g/mol. The second-order valence-electron chi connectivity index (χ2n) is 9.99. The summed E-state index contributed by atoms with van der Waals surface area (Å²) in [6.07, 6.45) is -2.85. The molecular formula is C32H24F5N5O3. The number of nitriles is 1. The van der Waals surface area contributed by atoms with E-state index < -0.39 is 23.4 Å². The molecule has 13 heteroatoms. The van der Waals surface area contributed by atoms with Gasteiger partial charge in [-0.2, -0.15) is 18.4 Å². The lowest BCUT2D eigenvalue weighted by atomic mass is 10.0. The van der Waals surface area contributed by atoms with Crippen molar-refractivity contribution in [3.63, 3.8) is 0 Å². The molecule has 0 N–H and O–H groups in total. The predicted molar refractivity (Wildman–Crippen MR) is 155 cm³/mol. The third kappa shape index (κ3) is 6.12. The number of anilines is 1. The molecule has 3 heterocycles. The van der Waals surface area contributed by atoms with Crippen LogP contribution >= 0.6 is 0 Å². The lowest BCUT2D eigenvalue weighted by Crippen LogP contribution is -2.14. The number of alkyl halides is 3. The van der Waals surface area contributed by atoms with Crippen molar-refractivity contribution in [2.45, 2.75) is 19.7 Å². The van der Waals surface area contributed by atoms with Crippen molar-refractivity contribution in [2.75, 3.05) is 26.1 Å². The second-order valence-corrected chi connectivity index (χ2v) is 9.99. The third-order valence-corrected chi connectivity index (χ3v) is 6.89. The molecule has 230 valence electrons. The summed E-state index contributed by atoms with van der Waals surface area (Å²) in [7, 11) is 4.44. The fourth-order valence-electron chi connectivity index (χ4n) is 4.73. The smallest absolute Gasteiger partial charge is 0.418 e. The van der Waals surface area contributed by atoms with Gasteiger partial charge in [0.05, 0.1) is 34.8 Å². The molecule has 5 rings (SSSR count). The zero-order chi connectivity index (χ0) is 32.5. The maximum atomic E-state index is 14.8. The van der Waals surface area contributed by atoms with Crippen LogP contribution in [0.5, 0.6) is 23.1 Å². The lowest BCUT2D eigenvalue weighted by Gasteiger charge is -2.21. The molecule has 0 spiro atoms. The molecule has 2 aromatic carbocycles. The first kappa shape index (κ1) is 30.9. The maximum absolute atomic E-state index is 14.8. The van der Waals surface area contributed by atoms with Gasteiger partial charge in [-0.3, -0.25) is 0 Å². The Balaban J connectivity index is 1.72. The van der Waals surface area contributed by atoms with Crippen molar-refractivity contribution in [2.24, 2.45) is 0 Å². The van der Waals surface area contributed by atoms with Crippen LogP contribution in [0, 0.1) is 29.9 Å². The summed E-state index contributed by atoms with van der Waals surface area (Å²) in [5.41, 5.74) is -0.909. The van der Waals surface area contributed by atoms with Gasteiger partial charge in [-0.15, -0.1) is 0 Å². The van der Waals surface area contributed by atoms with Gasteiger partial charge in [0.25, 0.3) is 0 Å². The van der Waals surface area contributed by atoms with Gasteiger partial charge in [-0.1, -0.05) is 12.1 Å². The van der Waals surface area contributed by atoms with Gasteiger partial charge in [0.2, 0.25) is 5.88 Å². The van der Waals surface area contributed by atoms with Crippen LogP contribution in [-0.2, 0) is 12.8 Å². The molecule has 0 atom stereocenters. The number of rotatable bonds is 8. The molecule has 0 amide bonds. The standard InChI is InChI=1S/C32H24F5N5O3/c1-17-20(32(35,36)37)15-40-31(45-25-10-9-21(33)29(34)30(25)42(2)3)27(17)23-13-26(28-22(41-23)11-12-39-24(28)14-38)44-16-18-5-7-19(43-4)8-6-18/h5-13,15H,16H2,1-4H3. The SMILES string of the molecule is COc1ccc(COc2cc(-c3c(Oc4ccc(F)c(F)c4N(C)C)ncc(C(F)(F)F)c3C)nc3ccnc(C#N)c23)cc1. The summed E-state index contributed by atoms with van der Waals surface area (Å²) in [5.74, 6) is -2.15. The number of hydrogen-bond acceptors (Lipinski definition) is 8. The molecule has 0 radical (unpaired) electrons. The minimum atomic E-state index is -4.79. The lowest BCUT2D eigenvalue weighted by molar-refractivity contribution is -0.138. The average molecular weight is 622 g/mol. The molecule has 8 nitrogen and oxygen atoms in total. The van der Waals surface area contributed by atoms with E-state index in [4.69, 9.17) is 14.2 Å². The molecule has 0 aliphatic carbocycles. The summed E-state index contributed by atoms with van der Waals surface area (Å²) >= 11 is 0. The molecular weight excluding hydrogens is 597 g/mol. The van der Waals surface area contributed by atoms with E-state index in [1.165, 1.54) is 51.4 Å². The minimum absolute atomic E-state index is 0.0101. The summed E-state index contributed by atoms with van der Waals surface area (Å²) < 4.78 is 88.3. The zero-order valence-electron chi connectivity index (χ0n) is 24.3. The number of methoxy groups -OCH3 is 1. The number of aromatic nitrogens is 3. The van der Waals surface area contributed by atoms with E-state index in [1.807, 2.05) is 6.07 Å². The number of pyridine rings is 3. The Bertz CT molecular complexity index is 1940. The van der Waals surface area contributed by atoms with Crippen LogP contribution in [0.15, 0.2) is 60.9 Å². The van der Waals surface area contributed by atoms with Crippen LogP contribution in [0.1, 0.15) is 22.4 Å². The molecule has 45 heavy (non-hydrogen) atoms. The molecule has 0 saturated carbocycles. The molecule has 0 saturated heterocycles. The maximum Gasteiger partial charge on any atom is 0.418 e. The van der Waals surface area contributed by atoms with E-state index in [1.54, 1.807) is 24.3 Å². The second kappa shape index (κ2) is 12.2. The van der Waals surface area contributed by atoms with Gasteiger partial charge in [-0.25, -0.2) is 23.7 Å². The third-order valence-electron chi connectivity index (χ3n) is 6.89. The number of hydrogen-bond donors (Lipinski definition) is 0. The van der Waals surface area contributed by atoms with Crippen LogP contribution in [0.25, 0.3) is 22.2 Å². The normalized spacial score (nSPS) is 11.3. The van der Waals surface area contributed by atoms with E-state index >= 15 is 0 Å².